The summed E-state index contributed by atoms with van der Waals surface area (Å²) in [6.45, 7) is 3.06. The van der Waals surface area contributed by atoms with Crippen molar-refractivity contribution >= 4 is 11.5 Å². The summed E-state index contributed by atoms with van der Waals surface area (Å²) in [6, 6.07) is 5.94. The Morgan fingerprint density at radius 2 is 2.19 bits per heavy atom. The summed E-state index contributed by atoms with van der Waals surface area (Å²) in [7, 11) is 0. The van der Waals surface area contributed by atoms with Gasteiger partial charge in [-0.2, -0.15) is 5.26 Å². The smallest absolute Gasteiger partial charge is 0.272 e. The van der Waals surface area contributed by atoms with Crippen LogP contribution in [0.3, 0.4) is 0 Å². The minimum Gasteiger partial charge on any atom is -0.293 e. The zero-order valence-corrected chi connectivity index (χ0v) is 8.93. The predicted octanol–water partition coefficient (Wildman–Crippen LogP) is 2.25. The molecule has 1 unspecified atom stereocenters. The first-order chi connectivity index (χ1) is 7.47. The number of carbonyl (C=O) groups excluding carboxylic acids is 1. The van der Waals surface area contributed by atoms with Crippen LogP contribution in [0, 0.1) is 34.3 Å². The number of nitriles is 1. The monoisotopic (exact) mass is 218 g/mol. The van der Waals surface area contributed by atoms with Gasteiger partial charge < -0.3 is 0 Å². The largest absolute Gasteiger partial charge is 0.293 e. The number of ketones is 1. The molecule has 5 heteroatoms. The Morgan fingerprint density at radius 3 is 2.62 bits per heavy atom. The maximum absolute atomic E-state index is 11.6. The molecule has 0 heterocycles. The highest BCUT2D eigenvalue weighted by molar-refractivity contribution is 5.99. The van der Waals surface area contributed by atoms with Crippen LogP contribution in [0.2, 0.25) is 0 Å². The Kier molecular flexibility index (Phi) is 3.36. The minimum absolute atomic E-state index is 0.0267. The highest BCUT2D eigenvalue weighted by atomic mass is 16.6. The molecule has 0 aromatic heterocycles. The van der Waals surface area contributed by atoms with Gasteiger partial charge in [0.2, 0.25) is 0 Å². The topological polar surface area (TPSA) is 84.0 Å². The Hall–Kier alpha value is -2.22. The fourth-order valence-corrected chi connectivity index (χ4v) is 1.32. The summed E-state index contributed by atoms with van der Waals surface area (Å²) in [6.07, 6.45) is 0. The van der Waals surface area contributed by atoms with E-state index in [0.717, 1.165) is 0 Å². The van der Waals surface area contributed by atoms with Crippen LogP contribution in [-0.2, 0) is 0 Å². The van der Waals surface area contributed by atoms with Gasteiger partial charge in [-0.25, -0.2) is 0 Å². The molecule has 0 saturated carbocycles. The number of rotatable bonds is 3. The fourth-order valence-electron chi connectivity index (χ4n) is 1.32. The molecule has 0 radical (unpaired) electrons. The van der Waals surface area contributed by atoms with Gasteiger partial charge in [-0.1, -0.05) is 0 Å². The molecular formula is C11H10N2O3. The lowest BCUT2D eigenvalue weighted by Crippen LogP contribution is -2.09. The van der Waals surface area contributed by atoms with Crippen LogP contribution >= 0.6 is 0 Å². The molecule has 0 aliphatic rings. The summed E-state index contributed by atoms with van der Waals surface area (Å²) in [4.78, 5) is 21.7. The highest BCUT2D eigenvalue weighted by Gasteiger charge is 2.17. The molecule has 0 aliphatic carbocycles. The first-order valence-electron chi connectivity index (χ1n) is 4.66. The molecule has 0 amide bonds. The van der Waals surface area contributed by atoms with E-state index < -0.39 is 10.8 Å². The summed E-state index contributed by atoms with van der Waals surface area (Å²) in [5.41, 5.74) is 0.722. The van der Waals surface area contributed by atoms with Crippen molar-refractivity contribution in [3.8, 4) is 6.07 Å². The van der Waals surface area contributed by atoms with Crippen molar-refractivity contribution < 1.29 is 9.72 Å². The molecule has 16 heavy (non-hydrogen) atoms. The van der Waals surface area contributed by atoms with Crippen LogP contribution in [-0.4, -0.2) is 10.7 Å². The van der Waals surface area contributed by atoms with E-state index in [1.807, 2.05) is 6.07 Å². The van der Waals surface area contributed by atoms with Gasteiger partial charge in [-0.3, -0.25) is 14.9 Å². The van der Waals surface area contributed by atoms with Gasteiger partial charge >= 0.3 is 0 Å². The molecular weight excluding hydrogens is 208 g/mol. The lowest BCUT2D eigenvalue weighted by Gasteiger charge is -2.03. The highest BCUT2D eigenvalue weighted by Crippen LogP contribution is 2.20. The van der Waals surface area contributed by atoms with Gasteiger partial charge in [0.05, 0.1) is 11.0 Å². The standard InChI is InChI=1S/C11H10N2O3/c1-7-5-9(11(14)8(2)6-12)3-4-10(7)13(15)16/h3-5,8H,1-2H3. The predicted molar refractivity (Wildman–Crippen MR) is 56.9 cm³/mol. The average molecular weight is 218 g/mol. The Balaban J connectivity index is 3.12. The van der Waals surface area contributed by atoms with Crippen LogP contribution in [0.1, 0.15) is 22.8 Å². The van der Waals surface area contributed by atoms with Crippen LogP contribution in [0.25, 0.3) is 0 Å². The second kappa shape index (κ2) is 4.53. The van der Waals surface area contributed by atoms with E-state index in [1.54, 1.807) is 6.92 Å². The van der Waals surface area contributed by atoms with Crippen molar-refractivity contribution in [3.05, 3.63) is 39.4 Å². The number of nitro benzene ring substituents is 1. The molecule has 0 saturated heterocycles. The summed E-state index contributed by atoms with van der Waals surface area (Å²) < 4.78 is 0. The van der Waals surface area contributed by atoms with Crippen LogP contribution in [0.5, 0.6) is 0 Å². The number of Topliss-reactive ketones (excluding diaryl/α,β-unsaturated/α-hetero) is 1. The van der Waals surface area contributed by atoms with Gasteiger partial charge in [0, 0.05) is 17.2 Å². The van der Waals surface area contributed by atoms with E-state index in [-0.39, 0.29) is 11.5 Å². The van der Waals surface area contributed by atoms with Crippen LogP contribution < -0.4 is 0 Å². The van der Waals surface area contributed by atoms with Crippen LogP contribution in [0.15, 0.2) is 18.2 Å². The average Bonchev–Trinajstić information content (AvgIpc) is 2.26. The van der Waals surface area contributed by atoms with Gasteiger partial charge in [-0.15, -0.1) is 0 Å². The number of hydrogen-bond donors (Lipinski definition) is 0. The van der Waals surface area contributed by atoms with E-state index in [0.29, 0.717) is 11.1 Å². The molecule has 0 spiro atoms. The van der Waals surface area contributed by atoms with Crippen LogP contribution in [0.4, 0.5) is 5.69 Å². The molecule has 0 bridgehead atoms. The quantitative estimate of drug-likeness (QED) is 0.442. The maximum atomic E-state index is 11.6. The number of nitro groups is 1. The number of hydrogen-bond acceptors (Lipinski definition) is 4. The van der Waals surface area contributed by atoms with E-state index in [4.69, 9.17) is 5.26 Å². The normalized spacial score (nSPS) is 11.6. The Labute approximate surface area is 92.5 Å². The lowest BCUT2D eigenvalue weighted by molar-refractivity contribution is -0.385. The number of nitrogens with zero attached hydrogens (tertiary/aromatic N) is 2. The van der Waals surface area contributed by atoms with Crippen molar-refractivity contribution in [1.82, 2.24) is 0 Å². The third kappa shape index (κ3) is 2.23. The Bertz CT molecular complexity index is 488. The number of aryl methyl sites for hydroxylation is 1. The molecule has 0 N–H and O–H groups in total. The Morgan fingerprint density at radius 1 is 1.56 bits per heavy atom. The lowest BCUT2D eigenvalue weighted by atomic mass is 9.99. The van der Waals surface area contributed by atoms with E-state index in [2.05, 4.69) is 0 Å². The molecule has 5 nitrogen and oxygen atoms in total. The molecule has 1 atom stereocenters. The van der Waals surface area contributed by atoms with Gasteiger partial charge in [-0.05, 0) is 26.0 Å². The molecule has 0 fully saturated rings. The zero-order valence-electron chi connectivity index (χ0n) is 8.93. The SMILES string of the molecule is Cc1cc(C(=O)C(C)C#N)ccc1[N+](=O)[O-]. The fraction of sp³-hybridized carbons (Fsp3) is 0.273. The second-order valence-corrected chi connectivity index (χ2v) is 3.47. The summed E-state index contributed by atoms with van der Waals surface area (Å²) >= 11 is 0. The molecule has 1 rings (SSSR count). The van der Waals surface area contributed by atoms with Gasteiger partial charge in [0.25, 0.3) is 5.69 Å². The van der Waals surface area contributed by atoms with E-state index in [9.17, 15) is 14.9 Å². The summed E-state index contributed by atoms with van der Waals surface area (Å²) in [5, 5.41) is 19.2. The number of carbonyl (C=O) groups is 1. The van der Waals surface area contributed by atoms with E-state index >= 15 is 0 Å². The van der Waals surface area contributed by atoms with E-state index in [1.165, 1.54) is 25.1 Å². The van der Waals surface area contributed by atoms with Gasteiger partial charge in [0.15, 0.2) is 5.78 Å². The maximum Gasteiger partial charge on any atom is 0.272 e. The van der Waals surface area contributed by atoms with Crippen molar-refractivity contribution in [2.75, 3.05) is 0 Å². The second-order valence-electron chi connectivity index (χ2n) is 3.47. The first-order valence-corrected chi connectivity index (χ1v) is 4.66. The minimum atomic E-state index is -0.735. The van der Waals surface area contributed by atoms with Crippen molar-refractivity contribution in [2.24, 2.45) is 5.92 Å². The molecule has 1 aromatic carbocycles. The molecule has 82 valence electrons. The van der Waals surface area contributed by atoms with Crippen molar-refractivity contribution in [1.29, 1.82) is 5.26 Å². The van der Waals surface area contributed by atoms with Gasteiger partial charge in [0.1, 0.15) is 5.92 Å². The third-order valence-corrected chi connectivity index (χ3v) is 2.26. The summed E-state index contributed by atoms with van der Waals surface area (Å²) in [5.74, 6) is -1.05. The molecule has 1 aromatic rings. The molecule has 0 aliphatic heterocycles. The number of benzene rings is 1. The zero-order chi connectivity index (χ0) is 12.3. The first kappa shape index (κ1) is 11.9. The third-order valence-electron chi connectivity index (χ3n) is 2.26. The van der Waals surface area contributed by atoms with Crippen molar-refractivity contribution in [3.63, 3.8) is 0 Å². The van der Waals surface area contributed by atoms with Crippen molar-refractivity contribution in [2.45, 2.75) is 13.8 Å².